The Hall–Kier alpha value is -3.05. The molecule has 2 atom stereocenters. The summed E-state index contributed by atoms with van der Waals surface area (Å²) < 4.78 is 31.2. The molecule has 0 bridgehead atoms. The van der Waals surface area contributed by atoms with Gasteiger partial charge in [-0.1, -0.05) is 36.8 Å². The third-order valence-corrected chi connectivity index (χ3v) is 7.04. The number of halogens is 1. The van der Waals surface area contributed by atoms with Crippen molar-refractivity contribution in [2.75, 3.05) is 40.0 Å². The second-order valence-corrected chi connectivity index (χ2v) is 9.17. The van der Waals surface area contributed by atoms with Crippen LogP contribution in [0.4, 0.5) is 4.39 Å². The molecule has 34 heavy (non-hydrogen) atoms. The van der Waals surface area contributed by atoms with E-state index in [1.807, 2.05) is 24.3 Å². The number of methoxy groups -OCH3 is 1. The summed E-state index contributed by atoms with van der Waals surface area (Å²) in [6.45, 7) is 4.56. The van der Waals surface area contributed by atoms with Crippen LogP contribution in [-0.4, -0.2) is 44.9 Å². The molecule has 2 heterocycles. The number of fused-ring (bicyclic) bond motifs is 1. The van der Waals surface area contributed by atoms with Crippen molar-refractivity contribution in [2.24, 2.45) is 0 Å². The summed E-state index contributed by atoms with van der Waals surface area (Å²) in [5.74, 6) is 2.43. The standard InChI is InChI=1S/C29H32FNO3/c1-32-25-13-14-26-28(19-25)34-20-27(21-5-9-23(30)10-6-21)29(26)22-7-11-24(12-8-22)33-18-17-31-15-3-2-4-16-31/h5-14,19,27,29H,2-4,15-18,20H2,1H3/t27-,29-/m1/s1. The molecule has 4 nitrogen and oxygen atoms in total. The van der Waals surface area contributed by atoms with Crippen molar-refractivity contribution in [2.45, 2.75) is 31.1 Å². The highest BCUT2D eigenvalue weighted by atomic mass is 19.1. The largest absolute Gasteiger partial charge is 0.497 e. The molecule has 3 aromatic carbocycles. The molecule has 178 valence electrons. The number of piperidine rings is 1. The first-order valence-electron chi connectivity index (χ1n) is 12.2. The Bertz CT molecular complexity index is 1080. The van der Waals surface area contributed by atoms with E-state index in [9.17, 15) is 4.39 Å². The average molecular weight is 462 g/mol. The zero-order valence-electron chi connectivity index (χ0n) is 19.7. The Morgan fingerprint density at radius 3 is 2.32 bits per heavy atom. The first-order chi connectivity index (χ1) is 16.7. The molecular weight excluding hydrogens is 429 g/mol. The van der Waals surface area contributed by atoms with Gasteiger partial charge in [-0.15, -0.1) is 0 Å². The van der Waals surface area contributed by atoms with Gasteiger partial charge in [-0.3, -0.25) is 4.90 Å². The first-order valence-corrected chi connectivity index (χ1v) is 12.2. The van der Waals surface area contributed by atoms with Crippen LogP contribution in [0.2, 0.25) is 0 Å². The van der Waals surface area contributed by atoms with Gasteiger partial charge >= 0.3 is 0 Å². The zero-order valence-corrected chi connectivity index (χ0v) is 19.7. The van der Waals surface area contributed by atoms with E-state index in [1.165, 1.54) is 50.0 Å². The number of rotatable bonds is 7. The number of likely N-dealkylation sites (tertiary alicyclic amines) is 1. The Morgan fingerprint density at radius 1 is 0.882 bits per heavy atom. The molecule has 0 spiro atoms. The molecule has 2 aliphatic rings. The number of ether oxygens (including phenoxy) is 3. The zero-order chi connectivity index (χ0) is 23.3. The summed E-state index contributed by atoms with van der Waals surface area (Å²) in [5.41, 5.74) is 3.36. The van der Waals surface area contributed by atoms with Crippen LogP contribution in [0.5, 0.6) is 17.2 Å². The summed E-state index contributed by atoms with van der Waals surface area (Å²) in [4.78, 5) is 2.48. The SMILES string of the molecule is COc1ccc2c(c1)OC[C@H](c1ccc(F)cc1)[C@@H]2c1ccc(OCCN2CCCCC2)cc1. The second-order valence-electron chi connectivity index (χ2n) is 9.17. The Balaban J connectivity index is 1.37. The molecule has 0 aliphatic carbocycles. The Morgan fingerprint density at radius 2 is 1.59 bits per heavy atom. The van der Waals surface area contributed by atoms with E-state index in [4.69, 9.17) is 14.2 Å². The van der Waals surface area contributed by atoms with Crippen molar-refractivity contribution in [3.05, 3.63) is 89.2 Å². The van der Waals surface area contributed by atoms with Crippen LogP contribution in [0.1, 0.15) is 47.8 Å². The van der Waals surface area contributed by atoms with Crippen LogP contribution >= 0.6 is 0 Å². The normalized spacial score (nSPS) is 20.3. The van der Waals surface area contributed by atoms with Gasteiger partial charge in [-0.25, -0.2) is 4.39 Å². The van der Waals surface area contributed by atoms with Gasteiger partial charge in [-0.2, -0.15) is 0 Å². The van der Waals surface area contributed by atoms with Gasteiger partial charge in [0.2, 0.25) is 0 Å². The molecule has 0 unspecified atom stereocenters. The van der Waals surface area contributed by atoms with Crippen LogP contribution in [0.15, 0.2) is 66.7 Å². The molecule has 1 fully saturated rings. The van der Waals surface area contributed by atoms with E-state index < -0.39 is 0 Å². The maximum absolute atomic E-state index is 13.6. The van der Waals surface area contributed by atoms with Crippen LogP contribution in [0.3, 0.4) is 0 Å². The van der Waals surface area contributed by atoms with E-state index in [0.29, 0.717) is 13.2 Å². The summed E-state index contributed by atoms with van der Waals surface area (Å²) >= 11 is 0. The van der Waals surface area contributed by atoms with Crippen molar-refractivity contribution in [1.82, 2.24) is 4.90 Å². The third-order valence-electron chi connectivity index (χ3n) is 7.04. The first kappa shape index (κ1) is 22.7. The molecule has 3 aromatic rings. The monoisotopic (exact) mass is 461 g/mol. The van der Waals surface area contributed by atoms with Crippen LogP contribution in [0.25, 0.3) is 0 Å². The number of benzene rings is 3. The van der Waals surface area contributed by atoms with Gasteiger partial charge < -0.3 is 14.2 Å². The Kier molecular flexibility index (Phi) is 7.00. The predicted molar refractivity (Wildman–Crippen MR) is 132 cm³/mol. The smallest absolute Gasteiger partial charge is 0.126 e. The fourth-order valence-corrected chi connectivity index (χ4v) is 5.17. The highest BCUT2D eigenvalue weighted by Gasteiger charge is 2.33. The van der Waals surface area contributed by atoms with Gasteiger partial charge in [0.1, 0.15) is 29.7 Å². The predicted octanol–water partition coefficient (Wildman–Crippen LogP) is 6.01. The van der Waals surface area contributed by atoms with Gasteiger partial charge in [0.25, 0.3) is 0 Å². The second kappa shape index (κ2) is 10.5. The summed E-state index contributed by atoms with van der Waals surface area (Å²) in [5, 5.41) is 0. The van der Waals surface area contributed by atoms with E-state index >= 15 is 0 Å². The van der Waals surface area contributed by atoms with Crippen molar-refractivity contribution in [3.63, 3.8) is 0 Å². The van der Waals surface area contributed by atoms with Gasteiger partial charge in [0, 0.05) is 30.0 Å². The molecule has 5 rings (SSSR count). The highest BCUT2D eigenvalue weighted by Crippen LogP contribution is 2.47. The van der Waals surface area contributed by atoms with Crippen LogP contribution in [0, 0.1) is 5.82 Å². The molecule has 2 aliphatic heterocycles. The topological polar surface area (TPSA) is 30.9 Å². The van der Waals surface area contributed by atoms with Gasteiger partial charge in [0.05, 0.1) is 13.7 Å². The molecule has 0 radical (unpaired) electrons. The van der Waals surface area contributed by atoms with Crippen molar-refractivity contribution in [1.29, 1.82) is 0 Å². The maximum Gasteiger partial charge on any atom is 0.126 e. The van der Waals surface area contributed by atoms with Gasteiger partial charge in [0.15, 0.2) is 0 Å². The number of hydrogen-bond donors (Lipinski definition) is 0. The fraction of sp³-hybridized carbons (Fsp3) is 0.379. The lowest BCUT2D eigenvalue weighted by molar-refractivity contribution is 0.183. The lowest BCUT2D eigenvalue weighted by atomic mass is 9.76. The van der Waals surface area contributed by atoms with E-state index in [0.717, 1.165) is 34.9 Å². The molecule has 5 heteroatoms. The lowest BCUT2D eigenvalue weighted by Crippen LogP contribution is -2.33. The third kappa shape index (κ3) is 5.05. The number of hydrogen-bond acceptors (Lipinski definition) is 4. The maximum atomic E-state index is 13.6. The summed E-state index contributed by atoms with van der Waals surface area (Å²) in [6.07, 6.45) is 3.94. The van der Waals surface area contributed by atoms with E-state index in [-0.39, 0.29) is 17.7 Å². The lowest BCUT2D eigenvalue weighted by Gasteiger charge is -2.34. The fourth-order valence-electron chi connectivity index (χ4n) is 5.17. The molecule has 0 amide bonds. The summed E-state index contributed by atoms with van der Waals surface area (Å²) in [7, 11) is 1.66. The minimum Gasteiger partial charge on any atom is -0.497 e. The quantitative estimate of drug-likeness (QED) is 0.431. The van der Waals surface area contributed by atoms with E-state index in [1.54, 1.807) is 7.11 Å². The average Bonchev–Trinajstić information content (AvgIpc) is 2.89. The molecule has 0 aromatic heterocycles. The van der Waals surface area contributed by atoms with Crippen molar-refractivity contribution < 1.29 is 18.6 Å². The van der Waals surface area contributed by atoms with Crippen LogP contribution in [-0.2, 0) is 0 Å². The van der Waals surface area contributed by atoms with Crippen LogP contribution < -0.4 is 14.2 Å². The van der Waals surface area contributed by atoms with E-state index in [2.05, 4.69) is 35.2 Å². The minimum atomic E-state index is -0.229. The number of nitrogens with zero attached hydrogens (tertiary/aromatic N) is 1. The van der Waals surface area contributed by atoms with Crippen molar-refractivity contribution in [3.8, 4) is 17.2 Å². The van der Waals surface area contributed by atoms with Gasteiger partial charge in [-0.05, 0) is 67.4 Å². The Labute approximate surface area is 201 Å². The minimum absolute atomic E-state index is 0.0763. The molecular formula is C29H32FNO3. The summed E-state index contributed by atoms with van der Waals surface area (Å²) in [6, 6.07) is 21.2. The molecule has 0 N–H and O–H groups in total. The highest BCUT2D eigenvalue weighted by molar-refractivity contribution is 5.51. The molecule has 0 saturated carbocycles. The molecule has 1 saturated heterocycles. The van der Waals surface area contributed by atoms with Crippen molar-refractivity contribution >= 4 is 0 Å².